The van der Waals surface area contributed by atoms with Gasteiger partial charge in [-0.05, 0) is 19.3 Å². The third-order valence-corrected chi connectivity index (χ3v) is 3.95. The number of piperidine rings is 1. The minimum absolute atomic E-state index is 0.00704. The molecular formula is C16H30N2O3. The van der Waals surface area contributed by atoms with Gasteiger partial charge in [-0.15, -0.1) is 0 Å². The van der Waals surface area contributed by atoms with Crippen molar-refractivity contribution in [2.45, 2.75) is 47.0 Å². The number of hydrogen-bond donors (Lipinski definition) is 1. The van der Waals surface area contributed by atoms with Crippen LogP contribution >= 0.6 is 0 Å². The lowest BCUT2D eigenvalue weighted by atomic mass is 9.90. The molecule has 5 nitrogen and oxygen atoms in total. The number of likely N-dealkylation sites (tertiary alicyclic amines) is 1. The number of aliphatic hydroxyl groups is 1. The van der Waals surface area contributed by atoms with Gasteiger partial charge in [-0.1, -0.05) is 27.7 Å². The van der Waals surface area contributed by atoms with Gasteiger partial charge in [0.05, 0.1) is 6.61 Å². The largest absolute Gasteiger partial charge is 0.395 e. The molecule has 1 heterocycles. The fourth-order valence-corrected chi connectivity index (χ4v) is 2.78. The molecule has 0 aliphatic carbocycles. The summed E-state index contributed by atoms with van der Waals surface area (Å²) in [6.07, 6.45) is 2.35. The van der Waals surface area contributed by atoms with E-state index in [1.165, 1.54) is 0 Å². The van der Waals surface area contributed by atoms with Crippen molar-refractivity contribution >= 4 is 11.8 Å². The minimum Gasteiger partial charge on any atom is -0.395 e. The highest BCUT2D eigenvalue weighted by molar-refractivity contribution is 5.82. The SMILES string of the molecule is CCCN(CCO)C(=O)C1CCN(C(=O)C(C)(C)C)CC1. The van der Waals surface area contributed by atoms with Crippen LogP contribution in [0.5, 0.6) is 0 Å². The van der Waals surface area contributed by atoms with Crippen LogP contribution in [-0.2, 0) is 9.59 Å². The average Bonchev–Trinajstić information content (AvgIpc) is 2.45. The third kappa shape index (κ3) is 4.99. The van der Waals surface area contributed by atoms with Crippen LogP contribution in [0.1, 0.15) is 47.0 Å². The topological polar surface area (TPSA) is 60.9 Å². The van der Waals surface area contributed by atoms with Gasteiger partial charge in [0.25, 0.3) is 0 Å². The maximum Gasteiger partial charge on any atom is 0.227 e. The summed E-state index contributed by atoms with van der Waals surface area (Å²) >= 11 is 0. The number of carbonyl (C=O) groups is 2. The number of amides is 2. The maximum absolute atomic E-state index is 12.5. The van der Waals surface area contributed by atoms with E-state index in [9.17, 15) is 9.59 Å². The van der Waals surface area contributed by atoms with Crippen molar-refractivity contribution in [2.24, 2.45) is 11.3 Å². The lowest BCUT2D eigenvalue weighted by Gasteiger charge is -2.36. The number of rotatable bonds is 5. The molecule has 1 fully saturated rings. The maximum atomic E-state index is 12.5. The molecule has 1 saturated heterocycles. The first kappa shape index (κ1) is 18.0. The van der Waals surface area contributed by atoms with Gasteiger partial charge in [-0.3, -0.25) is 9.59 Å². The van der Waals surface area contributed by atoms with Gasteiger partial charge in [-0.25, -0.2) is 0 Å². The van der Waals surface area contributed by atoms with Gasteiger partial charge in [0.15, 0.2) is 0 Å². The Morgan fingerprint density at radius 2 is 1.76 bits per heavy atom. The first-order chi connectivity index (χ1) is 9.81. The number of hydrogen-bond acceptors (Lipinski definition) is 3. The molecule has 1 aliphatic rings. The zero-order valence-corrected chi connectivity index (χ0v) is 13.9. The Morgan fingerprint density at radius 3 is 2.19 bits per heavy atom. The van der Waals surface area contributed by atoms with Crippen LogP contribution in [0.15, 0.2) is 0 Å². The van der Waals surface area contributed by atoms with Gasteiger partial charge < -0.3 is 14.9 Å². The Labute approximate surface area is 128 Å². The zero-order valence-electron chi connectivity index (χ0n) is 13.9. The molecule has 0 bridgehead atoms. The van der Waals surface area contributed by atoms with Crippen LogP contribution in [0.25, 0.3) is 0 Å². The lowest BCUT2D eigenvalue weighted by molar-refractivity contribution is -0.145. The van der Waals surface area contributed by atoms with Gasteiger partial charge in [0.1, 0.15) is 0 Å². The van der Waals surface area contributed by atoms with Gasteiger partial charge in [0, 0.05) is 37.5 Å². The second-order valence-electron chi connectivity index (χ2n) is 6.87. The average molecular weight is 298 g/mol. The van der Waals surface area contributed by atoms with Gasteiger partial charge in [-0.2, -0.15) is 0 Å². The Bertz CT molecular complexity index is 349. The Kier molecular flexibility index (Phi) is 6.65. The van der Waals surface area contributed by atoms with Crippen molar-refractivity contribution in [3.05, 3.63) is 0 Å². The first-order valence-corrected chi connectivity index (χ1v) is 8.00. The molecule has 0 radical (unpaired) electrons. The zero-order chi connectivity index (χ0) is 16.0. The molecule has 0 aromatic carbocycles. The summed E-state index contributed by atoms with van der Waals surface area (Å²) < 4.78 is 0. The molecule has 1 N–H and O–H groups in total. The second kappa shape index (κ2) is 7.78. The highest BCUT2D eigenvalue weighted by atomic mass is 16.3. The third-order valence-electron chi connectivity index (χ3n) is 3.95. The van der Waals surface area contributed by atoms with Crippen molar-refractivity contribution < 1.29 is 14.7 Å². The summed E-state index contributed by atoms with van der Waals surface area (Å²) in [5.74, 6) is 0.287. The fraction of sp³-hybridized carbons (Fsp3) is 0.875. The van der Waals surface area contributed by atoms with Crippen LogP contribution in [-0.4, -0.2) is 59.5 Å². The van der Waals surface area contributed by atoms with Crippen molar-refractivity contribution in [2.75, 3.05) is 32.8 Å². The summed E-state index contributed by atoms with van der Waals surface area (Å²) in [7, 11) is 0. The molecule has 5 heteroatoms. The molecule has 0 unspecified atom stereocenters. The fourth-order valence-electron chi connectivity index (χ4n) is 2.78. The summed E-state index contributed by atoms with van der Waals surface area (Å²) in [6.45, 7) is 10.2. The molecule has 1 rings (SSSR count). The van der Waals surface area contributed by atoms with E-state index >= 15 is 0 Å². The molecular weight excluding hydrogens is 268 g/mol. The van der Waals surface area contributed by atoms with Gasteiger partial charge >= 0.3 is 0 Å². The first-order valence-electron chi connectivity index (χ1n) is 8.00. The smallest absolute Gasteiger partial charge is 0.227 e. The lowest BCUT2D eigenvalue weighted by Crippen LogP contribution is -2.47. The molecule has 2 amide bonds. The van der Waals surface area contributed by atoms with E-state index in [0.717, 1.165) is 19.3 Å². The van der Waals surface area contributed by atoms with E-state index in [4.69, 9.17) is 5.11 Å². The van der Waals surface area contributed by atoms with Gasteiger partial charge in [0.2, 0.25) is 11.8 Å². The normalized spacial score (nSPS) is 16.9. The van der Waals surface area contributed by atoms with Crippen molar-refractivity contribution in [3.63, 3.8) is 0 Å². The second-order valence-corrected chi connectivity index (χ2v) is 6.87. The highest BCUT2D eigenvalue weighted by Gasteiger charge is 2.33. The quantitative estimate of drug-likeness (QED) is 0.837. The summed E-state index contributed by atoms with van der Waals surface area (Å²) in [5.41, 5.74) is -0.359. The molecule has 1 aliphatic heterocycles. The van der Waals surface area contributed by atoms with E-state index in [2.05, 4.69) is 0 Å². The van der Waals surface area contributed by atoms with E-state index < -0.39 is 0 Å². The predicted molar refractivity (Wildman–Crippen MR) is 82.7 cm³/mol. The van der Waals surface area contributed by atoms with Crippen LogP contribution in [0.4, 0.5) is 0 Å². The summed E-state index contributed by atoms with van der Waals surface area (Å²) in [5, 5.41) is 9.07. The van der Waals surface area contributed by atoms with Crippen LogP contribution in [0, 0.1) is 11.3 Å². The molecule has 0 atom stereocenters. The van der Waals surface area contributed by atoms with Crippen LogP contribution < -0.4 is 0 Å². The van der Waals surface area contributed by atoms with Crippen molar-refractivity contribution in [3.8, 4) is 0 Å². The number of aliphatic hydroxyl groups excluding tert-OH is 1. The van der Waals surface area contributed by atoms with Crippen molar-refractivity contribution in [1.29, 1.82) is 0 Å². The predicted octanol–water partition coefficient (Wildman–Crippen LogP) is 1.50. The summed E-state index contributed by atoms with van der Waals surface area (Å²) in [4.78, 5) is 28.3. The number of nitrogens with zero attached hydrogens (tertiary/aromatic N) is 2. The molecule has 0 aromatic heterocycles. The Morgan fingerprint density at radius 1 is 1.19 bits per heavy atom. The molecule has 122 valence electrons. The van der Waals surface area contributed by atoms with Crippen LogP contribution in [0.3, 0.4) is 0 Å². The molecule has 0 saturated carbocycles. The summed E-state index contributed by atoms with van der Waals surface area (Å²) in [6, 6.07) is 0. The van der Waals surface area contributed by atoms with E-state index in [1.54, 1.807) is 4.90 Å². The molecule has 21 heavy (non-hydrogen) atoms. The Balaban J connectivity index is 2.55. The standard InChI is InChI=1S/C16H30N2O3/c1-5-8-17(11-12-19)14(20)13-6-9-18(10-7-13)15(21)16(2,3)4/h13,19H,5-12H2,1-4H3. The van der Waals surface area contributed by atoms with E-state index in [0.29, 0.717) is 26.2 Å². The highest BCUT2D eigenvalue weighted by Crippen LogP contribution is 2.24. The minimum atomic E-state index is -0.359. The monoisotopic (exact) mass is 298 g/mol. The van der Waals surface area contributed by atoms with Crippen molar-refractivity contribution in [1.82, 2.24) is 9.80 Å². The van der Waals surface area contributed by atoms with E-state index in [1.807, 2.05) is 32.6 Å². The Hall–Kier alpha value is -1.10. The number of carbonyl (C=O) groups excluding carboxylic acids is 2. The van der Waals surface area contributed by atoms with Crippen LogP contribution in [0.2, 0.25) is 0 Å². The van der Waals surface area contributed by atoms with E-state index in [-0.39, 0.29) is 29.8 Å². The molecule has 0 spiro atoms. The molecule has 0 aromatic rings.